The van der Waals surface area contributed by atoms with Crippen LogP contribution >= 0.6 is 34.2 Å². The standard InChI is InChI=1S/C16H16ClIO2/c1-10-3-6-16(20-2)12(7-10)9-15(19)11-4-5-14(18)13(17)8-11/h3-8,15,19H,9H2,1-2H3. The lowest BCUT2D eigenvalue weighted by atomic mass is 9.99. The van der Waals surface area contributed by atoms with Crippen molar-refractivity contribution in [2.45, 2.75) is 19.4 Å². The summed E-state index contributed by atoms with van der Waals surface area (Å²) in [4.78, 5) is 0. The molecule has 20 heavy (non-hydrogen) atoms. The minimum Gasteiger partial charge on any atom is -0.496 e. The summed E-state index contributed by atoms with van der Waals surface area (Å²) in [6.45, 7) is 2.02. The van der Waals surface area contributed by atoms with Gasteiger partial charge in [-0.25, -0.2) is 0 Å². The van der Waals surface area contributed by atoms with Crippen LogP contribution in [0.2, 0.25) is 5.02 Å². The normalized spacial score (nSPS) is 12.2. The van der Waals surface area contributed by atoms with Gasteiger partial charge in [0.05, 0.1) is 18.2 Å². The average molecular weight is 403 g/mol. The van der Waals surface area contributed by atoms with E-state index >= 15 is 0 Å². The first kappa shape index (κ1) is 15.6. The summed E-state index contributed by atoms with van der Waals surface area (Å²) < 4.78 is 6.32. The van der Waals surface area contributed by atoms with E-state index in [0.29, 0.717) is 11.4 Å². The van der Waals surface area contributed by atoms with Crippen LogP contribution in [0.5, 0.6) is 5.75 Å². The lowest BCUT2D eigenvalue weighted by Crippen LogP contribution is -2.04. The first-order valence-corrected chi connectivity index (χ1v) is 7.73. The Bertz CT molecular complexity index is 613. The molecule has 106 valence electrons. The van der Waals surface area contributed by atoms with Crippen molar-refractivity contribution in [2.24, 2.45) is 0 Å². The topological polar surface area (TPSA) is 29.5 Å². The second-order valence-electron chi connectivity index (χ2n) is 4.71. The highest BCUT2D eigenvalue weighted by Gasteiger charge is 2.13. The zero-order chi connectivity index (χ0) is 14.7. The fourth-order valence-corrected chi connectivity index (χ4v) is 2.64. The maximum atomic E-state index is 10.4. The largest absolute Gasteiger partial charge is 0.496 e. The van der Waals surface area contributed by atoms with Gasteiger partial charge >= 0.3 is 0 Å². The number of methoxy groups -OCH3 is 1. The van der Waals surface area contributed by atoms with Crippen molar-refractivity contribution in [2.75, 3.05) is 7.11 Å². The molecule has 0 aliphatic carbocycles. The second kappa shape index (κ2) is 6.78. The number of hydrogen-bond acceptors (Lipinski definition) is 2. The summed E-state index contributed by atoms with van der Waals surface area (Å²) in [5.41, 5.74) is 2.96. The van der Waals surface area contributed by atoms with Crippen LogP contribution in [0.25, 0.3) is 0 Å². The van der Waals surface area contributed by atoms with Crippen molar-refractivity contribution in [3.8, 4) is 5.75 Å². The van der Waals surface area contributed by atoms with Crippen LogP contribution in [-0.2, 0) is 6.42 Å². The van der Waals surface area contributed by atoms with E-state index in [4.69, 9.17) is 16.3 Å². The highest BCUT2D eigenvalue weighted by atomic mass is 127. The SMILES string of the molecule is COc1ccc(C)cc1CC(O)c1ccc(I)c(Cl)c1. The van der Waals surface area contributed by atoms with Gasteiger partial charge in [-0.3, -0.25) is 0 Å². The lowest BCUT2D eigenvalue weighted by Gasteiger charge is -2.15. The van der Waals surface area contributed by atoms with Gasteiger partial charge in [0.1, 0.15) is 5.75 Å². The van der Waals surface area contributed by atoms with Gasteiger partial charge in [0, 0.05) is 9.99 Å². The molecule has 2 nitrogen and oxygen atoms in total. The predicted molar refractivity (Wildman–Crippen MR) is 90.6 cm³/mol. The maximum absolute atomic E-state index is 10.4. The number of hydrogen-bond donors (Lipinski definition) is 1. The van der Waals surface area contributed by atoms with Crippen molar-refractivity contribution < 1.29 is 9.84 Å². The zero-order valence-corrected chi connectivity index (χ0v) is 14.3. The summed E-state index contributed by atoms with van der Waals surface area (Å²) in [6, 6.07) is 11.6. The maximum Gasteiger partial charge on any atom is 0.122 e. The Morgan fingerprint density at radius 2 is 2.00 bits per heavy atom. The predicted octanol–water partition coefficient (Wildman–Crippen LogP) is 4.54. The molecular formula is C16H16ClIO2. The summed E-state index contributed by atoms with van der Waals surface area (Å²) >= 11 is 8.27. The van der Waals surface area contributed by atoms with E-state index in [-0.39, 0.29) is 0 Å². The molecule has 0 aliphatic heterocycles. The third-order valence-electron chi connectivity index (χ3n) is 3.18. The van der Waals surface area contributed by atoms with Gasteiger partial charge in [0.15, 0.2) is 0 Å². The number of halogens is 2. The summed E-state index contributed by atoms with van der Waals surface area (Å²) in [5.74, 6) is 0.797. The fraction of sp³-hybridized carbons (Fsp3) is 0.250. The highest BCUT2D eigenvalue weighted by molar-refractivity contribution is 14.1. The molecule has 2 aromatic carbocycles. The molecule has 2 aromatic rings. The van der Waals surface area contributed by atoms with Crippen LogP contribution in [0.4, 0.5) is 0 Å². The minimum absolute atomic E-state index is 0.502. The average Bonchev–Trinajstić information content (AvgIpc) is 2.42. The van der Waals surface area contributed by atoms with Gasteiger partial charge in [-0.05, 0) is 58.8 Å². The van der Waals surface area contributed by atoms with Crippen molar-refractivity contribution in [3.05, 3.63) is 61.7 Å². The van der Waals surface area contributed by atoms with Crippen LogP contribution in [0.15, 0.2) is 36.4 Å². The van der Waals surface area contributed by atoms with E-state index in [9.17, 15) is 5.11 Å². The fourth-order valence-electron chi connectivity index (χ4n) is 2.11. The Kier molecular flexibility index (Phi) is 5.29. The third-order valence-corrected chi connectivity index (χ3v) is 4.75. The molecular weight excluding hydrogens is 387 g/mol. The summed E-state index contributed by atoms with van der Waals surface area (Å²) in [5, 5.41) is 11.0. The van der Waals surface area contributed by atoms with Gasteiger partial charge in [0.2, 0.25) is 0 Å². The molecule has 1 unspecified atom stereocenters. The molecule has 1 N–H and O–H groups in total. The molecule has 4 heteroatoms. The smallest absolute Gasteiger partial charge is 0.122 e. The van der Waals surface area contributed by atoms with Crippen LogP contribution in [0.3, 0.4) is 0 Å². The highest BCUT2D eigenvalue weighted by Crippen LogP contribution is 2.28. The molecule has 0 radical (unpaired) electrons. The first-order chi connectivity index (χ1) is 9.51. The second-order valence-corrected chi connectivity index (χ2v) is 6.28. The molecule has 1 atom stereocenters. The van der Waals surface area contributed by atoms with Crippen LogP contribution in [0.1, 0.15) is 22.8 Å². The number of rotatable bonds is 4. The number of aryl methyl sites for hydroxylation is 1. The van der Waals surface area contributed by atoms with Crippen molar-refractivity contribution in [3.63, 3.8) is 0 Å². The number of benzene rings is 2. The summed E-state index contributed by atoms with van der Waals surface area (Å²) in [6.07, 6.45) is -0.0953. The molecule has 0 amide bonds. The molecule has 0 fully saturated rings. The van der Waals surface area contributed by atoms with Gasteiger partial charge in [0.25, 0.3) is 0 Å². The zero-order valence-electron chi connectivity index (χ0n) is 11.4. The molecule has 0 aromatic heterocycles. The Hall–Kier alpha value is -0.780. The van der Waals surface area contributed by atoms with E-state index in [0.717, 1.165) is 26.0 Å². The quantitative estimate of drug-likeness (QED) is 0.761. The van der Waals surface area contributed by atoms with Crippen LogP contribution < -0.4 is 4.74 Å². The van der Waals surface area contributed by atoms with E-state index in [1.54, 1.807) is 7.11 Å². The van der Waals surface area contributed by atoms with E-state index in [2.05, 4.69) is 22.6 Å². The molecule has 0 aliphatic rings. The van der Waals surface area contributed by atoms with Gasteiger partial charge in [-0.1, -0.05) is 35.4 Å². The Morgan fingerprint density at radius 1 is 1.25 bits per heavy atom. The molecule has 0 heterocycles. The minimum atomic E-state index is -0.597. The van der Waals surface area contributed by atoms with Gasteiger partial charge in [-0.2, -0.15) is 0 Å². The van der Waals surface area contributed by atoms with E-state index in [1.807, 2.05) is 43.3 Å². The first-order valence-electron chi connectivity index (χ1n) is 6.28. The lowest BCUT2D eigenvalue weighted by molar-refractivity contribution is 0.177. The van der Waals surface area contributed by atoms with Crippen LogP contribution in [-0.4, -0.2) is 12.2 Å². The van der Waals surface area contributed by atoms with Gasteiger partial charge in [-0.15, -0.1) is 0 Å². The molecule has 0 saturated heterocycles. The number of aliphatic hydroxyl groups is 1. The van der Waals surface area contributed by atoms with E-state index in [1.165, 1.54) is 0 Å². The number of ether oxygens (including phenoxy) is 1. The Balaban J connectivity index is 2.24. The van der Waals surface area contributed by atoms with Crippen molar-refractivity contribution >= 4 is 34.2 Å². The van der Waals surface area contributed by atoms with Crippen molar-refractivity contribution in [1.82, 2.24) is 0 Å². The molecule has 0 saturated carbocycles. The monoisotopic (exact) mass is 402 g/mol. The van der Waals surface area contributed by atoms with Gasteiger partial charge < -0.3 is 9.84 Å². The number of aliphatic hydroxyl groups excluding tert-OH is 1. The molecule has 0 spiro atoms. The Morgan fingerprint density at radius 3 is 2.65 bits per heavy atom. The third kappa shape index (κ3) is 3.65. The van der Waals surface area contributed by atoms with Crippen LogP contribution in [0, 0.1) is 10.5 Å². The van der Waals surface area contributed by atoms with E-state index < -0.39 is 6.10 Å². The van der Waals surface area contributed by atoms with Crippen molar-refractivity contribution in [1.29, 1.82) is 0 Å². The Labute approximate surface area is 137 Å². The molecule has 2 rings (SSSR count). The summed E-state index contributed by atoms with van der Waals surface area (Å²) in [7, 11) is 1.64. The molecule has 0 bridgehead atoms.